The molecule has 2 atom stereocenters. The molecule has 0 saturated carbocycles. The maximum absolute atomic E-state index is 6.38. The first-order valence-electron chi connectivity index (χ1n) is 6.47. The lowest BCUT2D eigenvalue weighted by Gasteiger charge is -2.35. The van der Waals surface area contributed by atoms with E-state index in [1.165, 1.54) is 17.7 Å². The minimum atomic E-state index is 0.246. The van der Waals surface area contributed by atoms with Gasteiger partial charge in [0.2, 0.25) is 0 Å². The molecule has 3 nitrogen and oxygen atoms in total. The van der Waals surface area contributed by atoms with Crippen LogP contribution in [0.1, 0.15) is 31.0 Å². The van der Waals surface area contributed by atoms with Crippen LogP contribution in [-0.2, 0) is 12.8 Å². The molecular weight excluding hydrogens is 234 g/mol. The van der Waals surface area contributed by atoms with Crippen LogP contribution in [-0.4, -0.2) is 28.4 Å². The molecule has 3 rings (SSSR count). The largest absolute Gasteiger partial charge is 0.355 e. The average molecular weight is 252 g/mol. The summed E-state index contributed by atoms with van der Waals surface area (Å²) in [5, 5.41) is 0.246. The number of piperidine rings is 1. The second-order valence-corrected chi connectivity index (χ2v) is 5.76. The predicted octanol–water partition coefficient (Wildman–Crippen LogP) is 2.42. The van der Waals surface area contributed by atoms with E-state index in [1.54, 1.807) is 6.33 Å². The minimum absolute atomic E-state index is 0.246. The van der Waals surface area contributed by atoms with Gasteiger partial charge in [0, 0.05) is 24.3 Å². The van der Waals surface area contributed by atoms with Gasteiger partial charge in [-0.15, -0.1) is 11.6 Å². The van der Waals surface area contributed by atoms with E-state index in [9.17, 15) is 0 Å². The summed E-state index contributed by atoms with van der Waals surface area (Å²) in [5.41, 5.74) is 2.62. The third kappa shape index (κ3) is 2.01. The van der Waals surface area contributed by atoms with E-state index in [4.69, 9.17) is 11.6 Å². The lowest BCUT2D eigenvalue weighted by atomic mass is 9.98. The van der Waals surface area contributed by atoms with Crippen LogP contribution in [0.5, 0.6) is 0 Å². The van der Waals surface area contributed by atoms with E-state index in [-0.39, 0.29) is 5.38 Å². The standard InChI is InChI=1S/C13H18ClN3/c1-9-5-6-17(7-11(9)14)13-10-3-2-4-12(10)15-8-16-13/h8-9,11H,2-7H2,1H3. The second kappa shape index (κ2) is 4.45. The first-order valence-corrected chi connectivity index (χ1v) is 6.91. The van der Waals surface area contributed by atoms with Gasteiger partial charge in [-0.05, 0) is 31.6 Å². The number of hydrogen-bond acceptors (Lipinski definition) is 3. The van der Waals surface area contributed by atoms with Crippen molar-refractivity contribution in [1.29, 1.82) is 0 Å². The molecule has 1 fully saturated rings. The molecule has 1 aliphatic carbocycles. The quantitative estimate of drug-likeness (QED) is 0.718. The highest BCUT2D eigenvalue weighted by Crippen LogP contribution is 2.31. The van der Waals surface area contributed by atoms with E-state index in [0.29, 0.717) is 5.92 Å². The fourth-order valence-corrected chi connectivity index (χ4v) is 3.12. The maximum atomic E-state index is 6.38. The molecule has 0 bridgehead atoms. The molecule has 1 saturated heterocycles. The predicted molar refractivity (Wildman–Crippen MR) is 69.7 cm³/mol. The van der Waals surface area contributed by atoms with E-state index < -0.39 is 0 Å². The molecule has 4 heteroatoms. The van der Waals surface area contributed by atoms with Crippen molar-refractivity contribution in [3.63, 3.8) is 0 Å². The highest BCUT2D eigenvalue weighted by atomic mass is 35.5. The Morgan fingerprint density at radius 3 is 3.06 bits per heavy atom. The molecule has 2 heterocycles. The number of anilines is 1. The summed E-state index contributed by atoms with van der Waals surface area (Å²) in [7, 11) is 0. The van der Waals surface area contributed by atoms with Gasteiger partial charge in [-0.25, -0.2) is 9.97 Å². The summed E-state index contributed by atoms with van der Waals surface area (Å²) in [4.78, 5) is 11.2. The van der Waals surface area contributed by atoms with Crippen LogP contribution in [0.3, 0.4) is 0 Å². The summed E-state index contributed by atoms with van der Waals surface area (Å²) in [5.74, 6) is 1.76. The maximum Gasteiger partial charge on any atom is 0.135 e. The number of nitrogens with zero attached hydrogens (tertiary/aromatic N) is 3. The van der Waals surface area contributed by atoms with Crippen LogP contribution in [0.4, 0.5) is 5.82 Å². The Morgan fingerprint density at radius 2 is 2.24 bits per heavy atom. The van der Waals surface area contributed by atoms with Crippen LogP contribution >= 0.6 is 11.6 Å². The number of aryl methyl sites for hydroxylation is 1. The van der Waals surface area contributed by atoms with Crippen LogP contribution in [0.2, 0.25) is 0 Å². The van der Waals surface area contributed by atoms with Gasteiger partial charge in [0.05, 0.1) is 5.38 Å². The minimum Gasteiger partial charge on any atom is -0.355 e. The summed E-state index contributed by atoms with van der Waals surface area (Å²) in [6.45, 7) is 4.24. The van der Waals surface area contributed by atoms with E-state index in [1.807, 2.05) is 0 Å². The zero-order valence-corrected chi connectivity index (χ0v) is 11.0. The number of hydrogen-bond donors (Lipinski definition) is 0. The van der Waals surface area contributed by atoms with Crippen LogP contribution in [0.15, 0.2) is 6.33 Å². The Kier molecular flexibility index (Phi) is 2.95. The molecule has 2 unspecified atom stereocenters. The Bertz CT molecular complexity index is 421. The highest BCUT2D eigenvalue weighted by Gasteiger charge is 2.28. The van der Waals surface area contributed by atoms with Crippen molar-refractivity contribution >= 4 is 17.4 Å². The SMILES string of the molecule is CC1CCN(c2ncnc3c2CCC3)CC1Cl. The molecule has 0 N–H and O–H groups in total. The molecule has 1 aromatic rings. The van der Waals surface area contributed by atoms with Crippen molar-refractivity contribution in [2.75, 3.05) is 18.0 Å². The summed E-state index contributed by atoms with van der Waals surface area (Å²) in [6, 6.07) is 0. The Labute approximate surface area is 107 Å². The Morgan fingerprint density at radius 1 is 1.35 bits per heavy atom. The zero-order valence-electron chi connectivity index (χ0n) is 10.2. The van der Waals surface area contributed by atoms with E-state index in [2.05, 4.69) is 21.8 Å². The molecule has 1 aromatic heterocycles. The monoisotopic (exact) mass is 251 g/mol. The molecular formula is C13H18ClN3. The van der Waals surface area contributed by atoms with Crippen LogP contribution < -0.4 is 4.90 Å². The molecule has 0 aromatic carbocycles. The van der Waals surface area contributed by atoms with Gasteiger partial charge in [0.15, 0.2) is 0 Å². The second-order valence-electron chi connectivity index (χ2n) is 5.20. The van der Waals surface area contributed by atoms with Crippen molar-refractivity contribution in [1.82, 2.24) is 9.97 Å². The molecule has 0 amide bonds. The lowest BCUT2D eigenvalue weighted by Crippen LogP contribution is -2.41. The first kappa shape index (κ1) is 11.3. The smallest absolute Gasteiger partial charge is 0.135 e. The first-order chi connectivity index (χ1) is 8.25. The number of rotatable bonds is 1. The van der Waals surface area contributed by atoms with Gasteiger partial charge in [-0.3, -0.25) is 0 Å². The summed E-state index contributed by atoms with van der Waals surface area (Å²) < 4.78 is 0. The topological polar surface area (TPSA) is 29.0 Å². The van der Waals surface area contributed by atoms with Gasteiger partial charge in [-0.2, -0.15) is 0 Å². The number of alkyl halides is 1. The van der Waals surface area contributed by atoms with E-state index >= 15 is 0 Å². The fourth-order valence-electron chi connectivity index (χ4n) is 2.83. The van der Waals surface area contributed by atoms with Gasteiger partial charge < -0.3 is 4.90 Å². The molecule has 0 spiro atoms. The highest BCUT2D eigenvalue weighted by molar-refractivity contribution is 6.21. The van der Waals surface area contributed by atoms with Gasteiger partial charge >= 0.3 is 0 Å². The normalized spacial score (nSPS) is 28.2. The zero-order chi connectivity index (χ0) is 11.8. The Balaban J connectivity index is 1.87. The van der Waals surface area contributed by atoms with Gasteiger partial charge in [-0.1, -0.05) is 6.92 Å². The number of fused-ring (bicyclic) bond motifs is 1. The molecule has 1 aliphatic heterocycles. The van der Waals surface area contributed by atoms with Gasteiger partial charge in [0.1, 0.15) is 12.1 Å². The Hall–Kier alpha value is -0.830. The summed E-state index contributed by atoms with van der Waals surface area (Å²) in [6.07, 6.45) is 6.33. The van der Waals surface area contributed by atoms with Crippen molar-refractivity contribution in [3.05, 3.63) is 17.6 Å². The third-order valence-corrected chi connectivity index (χ3v) is 4.59. The van der Waals surface area contributed by atoms with Crippen LogP contribution in [0, 0.1) is 5.92 Å². The van der Waals surface area contributed by atoms with E-state index in [0.717, 1.165) is 38.2 Å². The number of halogens is 1. The molecule has 92 valence electrons. The fraction of sp³-hybridized carbons (Fsp3) is 0.692. The lowest BCUT2D eigenvalue weighted by molar-refractivity contribution is 0.443. The average Bonchev–Trinajstić information content (AvgIpc) is 2.80. The van der Waals surface area contributed by atoms with Crippen molar-refractivity contribution < 1.29 is 0 Å². The molecule has 17 heavy (non-hydrogen) atoms. The van der Waals surface area contributed by atoms with Crippen molar-refractivity contribution in [3.8, 4) is 0 Å². The van der Waals surface area contributed by atoms with Crippen molar-refractivity contribution in [2.45, 2.75) is 38.0 Å². The summed E-state index contributed by atoms with van der Waals surface area (Å²) >= 11 is 6.38. The third-order valence-electron chi connectivity index (χ3n) is 4.02. The van der Waals surface area contributed by atoms with Crippen LogP contribution in [0.25, 0.3) is 0 Å². The van der Waals surface area contributed by atoms with Crippen molar-refractivity contribution in [2.24, 2.45) is 5.92 Å². The molecule has 0 radical (unpaired) electrons. The van der Waals surface area contributed by atoms with Gasteiger partial charge in [0.25, 0.3) is 0 Å². The number of aromatic nitrogens is 2. The molecule has 2 aliphatic rings.